The van der Waals surface area contributed by atoms with E-state index >= 15 is 0 Å². The highest BCUT2D eigenvalue weighted by Gasteiger charge is 2.31. The van der Waals surface area contributed by atoms with Gasteiger partial charge in [0, 0.05) is 39.8 Å². The molecule has 396 valence electrons. The van der Waals surface area contributed by atoms with Crippen LogP contribution < -0.4 is 15.8 Å². The largest absolute Gasteiger partial charge is 0.478 e. The van der Waals surface area contributed by atoms with Crippen molar-refractivity contribution in [1.29, 1.82) is 0 Å². The molecule has 5 aromatic carbocycles. The van der Waals surface area contributed by atoms with Crippen molar-refractivity contribution in [2.24, 2.45) is 5.73 Å². The van der Waals surface area contributed by atoms with E-state index in [1.807, 2.05) is 115 Å². The van der Waals surface area contributed by atoms with Gasteiger partial charge in [0.2, 0.25) is 0 Å². The third-order valence-corrected chi connectivity index (χ3v) is 13.3. The first-order chi connectivity index (χ1) is 35.2. The molecule has 0 saturated heterocycles. The summed E-state index contributed by atoms with van der Waals surface area (Å²) >= 11 is 0. The van der Waals surface area contributed by atoms with Crippen LogP contribution in [0.2, 0.25) is 0 Å². The molecule has 0 aliphatic heterocycles. The van der Waals surface area contributed by atoms with Gasteiger partial charge in [-0.3, -0.25) is 14.8 Å². The Labute approximate surface area is 446 Å². The number of halogens is 2. The summed E-state index contributed by atoms with van der Waals surface area (Å²) in [5, 5.41) is 12.9. The van der Waals surface area contributed by atoms with Crippen molar-refractivity contribution < 1.29 is 27.7 Å². The number of nitrogens with one attached hydrogen (secondary N) is 2. The van der Waals surface area contributed by atoms with Crippen LogP contribution in [0.15, 0.2) is 188 Å². The van der Waals surface area contributed by atoms with E-state index in [1.165, 1.54) is 41.6 Å². The summed E-state index contributed by atoms with van der Waals surface area (Å²) in [6, 6.07) is 42.9. The SMILES string of the molecule is C=C(C)CC(C)(Cc1ccccc1)NC(=O)c1cnc2c(F)cccc2c1.C=C(C)CC(C)(Cc1ccccc1)NS(=O)C(C)(C)C.C=C(C)CC(C)(N)Cc1ccccc1.O=C(O)c1cnc2c(F)cccc2c1. The zero-order valence-electron chi connectivity index (χ0n) is 45.1. The molecule has 2 heterocycles. The minimum atomic E-state index is -1.09. The van der Waals surface area contributed by atoms with Crippen molar-refractivity contribution in [3.63, 3.8) is 0 Å². The Kier molecular flexibility index (Phi) is 22.2. The molecule has 9 nitrogen and oxygen atoms in total. The minimum absolute atomic E-state index is 0.0584. The predicted molar refractivity (Wildman–Crippen MR) is 307 cm³/mol. The van der Waals surface area contributed by atoms with E-state index in [9.17, 15) is 22.6 Å². The second-order valence-electron chi connectivity index (χ2n) is 21.5. The third-order valence-electron chi connectivity index (χ3n) is 11.6. The van der Waals surface area contributed by atoms with Crippen molar-refractivity contribution in [3.8, 4) is 0 Å². The van der Waals surface area contributed by atoms with Crippen molar-refractivity contribution in [3.05, 3.63) is 228 Å². The normalized spacial score (nSPS) is 13.8. The van der Waals surface area contributed by atoms with Crippen LogP contribution in [0.5, 0.6) is 0 Å². The molecule has 2 aromatic heterocycles. The minimum Gasteiger partial charge on any atom is -0.478 e. The number of nitrogens with two attached hydrogens (primary N) is 1. The molecule has 0 fully saturated rings. The van der Waals surface area contributed by atoms with Gasteiger partial charge in [-0.05, 0) is 142 Å². The number of carbonyl (C=O) groups is 2. The fraction of sp³-hybridized carbons (Fsp3) is 0.302. The van der Waals surface area contributed by atoms with E-state index in [0.29, 0.717) is 29.2 Å². The van der Waals surface area contributed by atoms with Crippen LogP contribution in [-0.2, 0) is 30.2 Å². The molecule has 0 aliphatic rings. The summed E-state index contributed by atoms with van der Waals surface area (Å²) in [5.41, 5.74) is 13.1. The second kappa shape index (κ2) is 27.5. The van der Waals surface area contributed by atoms with E-state index in [-0.39, 0.29) is 38.3 Å². The van der Waals surface area contributed by atoms with Gasteiger partial charge in [-0.25, -0.2) is 22.5 Å². The smallest absolute Gasteiger partial charge is 0.337 e. The molecule has 75 heavy (non-hydrogen) atoms. The van der Waals surface area contributed by atoms with E-state index in [0.717, 1.165) is 54.2 Å². The Bertz CT molecular complexity index is 3070. The second-order valence-corrected chi connectivity index (χ2v) is 23.4. The molecule has 1 amide bonds. The van der Waals surface area contributed by atoms with Gasteiger partial charge in [-0.1, -0.05) is 132 Å². The Hall–Kier alpha value is -6.99. The number of hydrogen-bond acceptors (Lipinski definition) is 6. The number of amides is 1. The maximum Gasteiger partial charge on any atom is 0.337 e. The molecule has 0 spiro atoms. The van der Waals surface area contributed by atoms with Crippen molar-refractivity contribution in [2.75, 3.05) is 0 Å². The van der Waals surface area contributed by atoms with Gasteiger partial charge in [-0.2, -0.15) is 0 Å². The van der Waals surface area contributed by atoms with Crippen LogP contribution in [0.1, 0.15) is 119 Å². The van der Waals surface area contributed by atoms with E-state index in [2.05, 4.69) is 77.9 Å². The summed E-state index contributed by atoms with van der Waals surface area (Å²) in [7, 11) is -1.09. The van der Waals surface area contributed by atoms with Crippen LogP contribution >= 0.6 is 0 Å². The topological polar surface area (TPSA) is 147 Å². The zero-order valence-corrected chi connectivity index (χ0v) is 45.9. The van der Waals surface area contributed by atoms with Gasteiger partial charge >= 0.3 is 5.97 Å². The maximum atomic E-state index is 13.8. The number of para-hydroxylation sites is 2. The number of nitrogens with zero attached hydrogens (tertiary/aromatic N) is 2. The number of fused-ring (bicyclic) bond motifs is 2. The molecule has 4 unspecified atom stereocenters. The number of carbonyl (C=O) groups excluding carboxylic acids is 1. The molecule has 7 aromatic rings. The maximum absolute atomic E-state index is 13.8. The van der Waals surface area contributed by atoms with Crippen LogP contribution in [0.25, 0.3) is 21.8 Å². The van der Waals surface area contributed by atoms with Crippen LogP contribution in [0.3, 0.4) is 0 Å². The highest BCUT2D eigenvalue weighted by atomic mass is 32.2. The first kappa shape index (κ1) is 60.6. The lowest BCUT2D eigenvalue weighted by Crippen LogP contribution is -2.49. The standard InChI is InChI=1S/C23H23FN2O.C17H27NOS.C13H19N.C10H6FNO2/c1-16(2)13-23(3,14-17-8-5-4-6-9-17)26-22(27)19-12-18-10-7-11-20(24)21(18)25-15-19;1-14(2)12-17(6,18-20(19)16(3,4)5)13-15-10-8-7-9-11-15;1-11(2)9-13(3,14)10-12-7-5-4-6-8-12;11-8-3-1-2-6-4-7(10(13)14)5-12-9(6)8/h4-12,15H,1,13-14H2,2-3H3,(H,26,27);7-11,18H,1,12-13H2,2-6H3;4-8H,1,9-10,14H2,2-3H3;1-5H,(H,13,14). The molecule has 0 aliphatic carbocycles. The lowest BCUT2D eigenvalue weighted by Gasteiger charge is -2.34. The van der Waals surface area contributed by atoms with Crippen LogP contribution in [-0.4, -0.2) is 52.5 Å². The van der Waals surface area contributed by atoms with Gasteiger partial charge in [0.15, 0.2) is 0 Å². The summed E-state index contributed by atoms with van der Waals surface area (Å²) in [5.74, 6) is -2.13. The number of carboxylic acid groups (broad SMARTS) is 1. The lowest BCUT2D eigenvalue weighted by molar-refractivity contribution is 0.0696. The average molecular weight is 1040 g/mol. The van der Waals surface area contributed by atoms with Crippen LogP contribution in [0, 0.1) is 11.6 Å². The van der Waals surface area contributed by atoms with E-state index < -0.39 is 34.1 Å². The number of carboxylic acids is 1. The number of hydrogen-bond donors (Lipinski definition) is 4. The van der Waals surface area contributed by atoms with Crippen molar-refractivity contribution in [2.45, 2.75) is 122 Å². The van der Waals surface area contributed by atoms with Gasteiger partial charge in [-0.15, -0.1) is 19.7 Å². The summed E-state index contributed by atoms with van der Waals surface area (Å²) < 4.78 is 42.4. The number of benzene rings is 5. The molecule has 0 bridgehead atoms. The number of aromatic carboxylic acids is 1. The lowest BCUT2D eigenvalue weighted by atomic mass is 9.86. The average Bonchev–Trinajstić information content (AvgIpc) is 3.31. The number of rotatable bonds is 17. The Morgan fingerprint density at radius 1 is 0.573 bits per heavy atom. The van der Waals surface area contributed by atoms with Crippen molar-refractivity contribution in [1.82, 2.24) is 20.0 Å². The first-order valence-corrected chi connectivity index (χ1v) is 26.0. The predicted octanol–water partition coefficient (Wildman–Crippen LogP) is 14.1. The molecular formula is C63H75F2N5O4S. The summed E-state index contributed by atoms with van der Waals surface area (Å²) in [6.07, 6.45) is 7.33. The summed E-state index contributed by atoms with van der Waals surface area (Å²) in [6.45, 7) is 30.1. The zero-order chi connectivity index (χ0) is 55.6. The first-order valence-electron chi connectivity index (χ1n) is 24.8. The Morgan fingerprint density at radius 2 is 0.960 bits per heavy atom. The fourth-order valence-corrected chi connectivity index (χ4v) is 9.63. The van der Waals surface area contributed by atoms with E-state index in [4.69, 9.17) is 10.8 Å². The van der Waals surface area contributed by atoms with Gasteiger partial charge in [0.25, 0.3) is 5.91 Å². The molecular weight excluding hydrogens is 961 g/mol. The van der Waals surface area contributed by atoms with Gasteiger partial charge < -0.3 is 16.2 Å². The number of aromatic nitrogens is 2. The van der Waals surface area contributed by atoms with Gasteiger partial charge in [0.1, 0.15) is 22.7 Å². The molecule has 12 heteroatoms. The summed E-state index contributed by atoms with van der Waals surface area (Å²) in [4.78, 5) is 31.4. The van der Waals surface area contributed by atoms with Crippen LogP contribution in [0.4, 0.5) is 8.78 Å². The van der Waals surface area contributed by atoms with E-state index in [1.54, 1.807) is 24.3 Å². The van der Waals surface area contributed by atoms with Crippen molar-refractivity contribution >= 4 is 44.7 Å². The quantitative estimate of drug-likeness (QED) is 0.0664. The Morgan fingerprint density at radius 3 is 1.37 bits per heavy atom. The monoisotopic (exact) mass is 1040 g/mol. The molecule has 5 N–H and O–H groups in total. The third kappa shape index (κ3) is 20.7. The molecule has 7 rings (SSSR count). The highest BCUT2D eigenvalue weighted by molar-refractivity contribution is 7.84. The number of pyridine rings is 2. The Balaban J connectivity index is 0.000000225. The van der Waals surface area contributed by atoms with Gasteiger partial charge in [0.05, 0.1) is 26.9 Å². The fourth-order valence-electron chi connectivity index (χ4n) is 8.74. The molecule has 0 saturated carbocycles. The highest BCUT2D eigenvalue weighted by Crippen LogP contribution is 2.26. The molecule has 4 atom stereocenters. The molecule has 0 radical (unpaired) electrons.